The molecule has 1 fully saturated rings. The third-order valence-corrected chi connectivity index (χ3v) is 2.72. The van der Waals surface area contributed by atoms with Gasteiger partial charge in [0.15, 0.2) is 0 Å². The minimum atomic E-state index is -0.375. The summed E-state index contributed by atoms with van der Waals surface area (Å²) in [5.41, 5.74) is 2.36. The maximum atomic E-state index is 9.79. The van der Waals surface area contributed by atoms with E-state index in [0.717, 1.165) is 12.8 Å². The molecule has 19 heavy (non-hydrogen) atoms. The monoisotopic (exact) mass is 268 g/mol. The molecule has 0 amide bonds. The SMILES string of the molecule is CC(C)Oc1nc(NN)nc(NCC(O)C2CC2)n1. The Bertz CT molecular complexity index is 424. The molecule has 2 rings (SSSR count). The van der Waals surface area contributed by atoms with Gasteiger partial charge in [-0.2, -0.15) is 15.0 Å². The first-order chi connectivity index (χ1) is 9.08. The fourth-order valence-corrected chi connectivity index (χ4v) is 1.61. The van der Waals surface area contributed by atoms with Crippen molar-refractivity contribution in [1.29, 1.82) is 0 Å². The summed E-state index contributed by atoms with van der Waals surface area (Å²) in [6.45, 7) is 4.16. The van der Waals surface area contributed by atoms with Crippen LogP contribution in [0, 0.1) is 5.92 Å². The first kappa shape index (κ1) is 13.8. The maximum absolute atomic E-state index is 9.79. The van der Waals surface area contributed by atoms with E-state index < -0.39 is 0 Å². The van der Waals surface area contributed by atoms with Gasteiger partial charge in [-0.05, 0) is 32.6 Å². The number of nitrogen functional groups attached to an aromatic ring is 1. The summed E-state index contributed by atoms with van der Waals surface area (Å²) in [6, 6.07) is 0.196. The zero-order valence-electron chi connectivity index (χ0n) is 11.1. The van der Waals surface area contributed by atoms with Gasteiger partial charge in [-0.25, -0.2) is 5.84 Å². The summed E-state index contributed by atoms with van der Waals surface area (Å²) in [4.78, 5) is 12.1. The van der Waals surface area contributed by atoms with Gasteiger partial charge in [0.1, 0.15) is 0 Å². The average molecular weight is 268 g/mol. The van der Waals surface area contributed by atoms with Crippen molar-refractivity contribution in [3.05, 3.63) is 0 Å². The van der Waals surface area contributed by atoms with Crippen LogP contribution in [-0.2, 0) is 0 Å². The highest BCUT2D eigenvalue weighted by atomic mass is 16.5. The zero-order valence-corrected chi connectivity index (χ0v) is 11.1. The van der Waals surface area contributed by atoms with Gasteiger partial charge in [-0.1, -0.05) is 0 Å². The lowest BCUT2D eigenvalue weighted by Crippen LogP contribution is -2.23. The van der Waals surface area contributed by atoms with E-state index in [4.69, 9.17) is 10.6 Å². The third kappa shape index (κ3) is 4.18. The van der Waals surface area contributed by atoms with Gasteiger partial charge in [0.05, 0.1) is 12.2 Å². The molecule has 0 aliphatic heterocycles. The lowest BCUT2D eigenvalue weighted by atomic mass is 10.2. The van der Waals surface area contributed by atoms with Crippen LogP contribution < -0.4 is 21.3 Å². The van der Waals surface area contributed by atoms with Crippen molar-refractivity contribution in [2.45, 2.75) is 38.9 Å². The van der Waals surface area contributed by atoms with E-state index in [1.54, 1.807) is 0 Å². The quantitative estimate of drug-likeness (QED) is 0.407. The van der Waals surface area contributed by atoms with E-state index in [1.165, 1.54) is 0 Å². The number of rotatable bonds is 7. The Morgan fingerprint density at radius 1 is 1.32 bits per heavy atom. The number of nitrogens with one attached hydrogen (secondary N) is 2. The number of hydrogen-bond acceptors (Lipinski definition) is 8. The number of ether oxygens (including phenoxy) is 1. The summed E-state index contributed by atoms with van der Waals surface area (Å²) in [6.07, 6.45) is 1.74. The molecule has 0 saturated heterocycles. The van der Waals surface area contributed by atoms with Gasteiger partial charge in [0, 0.05) is 6.54 Å². The van der Waals surface area contributed by atoms with Crippen LogP contribution in [0.2, 0.25) is 0 Å². The number of nitrogens with zero attached hydrogens (tertiary/aromatic N) is 3. The van der Waals surface area contributed by atoms with Gasteiger partial charge in [0.2, 0.25) is 11.9 Å². The van der Waals surface area contributed by atoms with Crippen LogP contribution in [0.25, 0.3) is 0 Å². The van der Waals surface area contributed by atoms with Gasteiger partial charge >= 0.3 is 6.01 Å². The molecule has 0 spiro atoms. The number of hydrogen-bond donors (Lipinski definition) is 4. The van der Waals surface area contributed by atoms with Gasteiger partial charge in [-0.3, -0.25) is 5.43 Å². The normalized spacial score (nSPS) is 16.3. The molecule has 5 N–H and O–H groups in total. The largest absolute Gasteiger partial charge is 0.461 e. The molecule has 1 aromatic heterocycles. The molecular formula is C11H20N6O2. The number of aliphatic hydroxyl groups excluding tert-OH is 1. The van der Waals surface area contributed by atoms with Gasteiger partial charge in [-0.15, -0.1) is 0 Å². The van der Waals surface area contributed by atoms with Gasteiger partial charge in [0.25, 0.3) is 0 Å². The van der Waals surface area contributed by atoms with Crippen LogP contribution >= 0.6 is 0 Å². The average Bonchev–Trinajstić information content (AvgIpc) is 3.19. The fourth-order valence-electron chi connectivity index (χ4n) is 1.61. The summed E-state index contributed by atoms with van der Waals surface area (Å²) < 4.78 is 5.40. The Labute approximate surface area is 111 Å². The minimum Gasteiger partial charge on any atom is -0.461 e. The third-order valence-electron chi connectivity index (χ3n) is 2.72. The van der Waals surface area contributed by atoms with Crippen molar-refractivity contribution in [3.8, 4) is 6.01 Å². The lowest BCUT2D eigenvalue weighted by Gasteiger charge is -2.13. The lowest BCUT2D eigenvalue weighted by molar-refractivity contribution is 0.164. The van der Waals surface area contributed by atoms with Crippen LogP contribution in [0.4, 0.5) is 11.9 Å². The molecule has 1 atom stereocenters. The van der Waals surface area contributed by atoms with E-state index in [1.807, 2.05) is 13.8 Å². The molecule has 1 unspecified atom stereocenters. The van der Waals surface area contributed by atoms with E-state index in [2.05, 4.69) is 25.7 Å². The molecule has 8 heteroatoms. The molecule has 0 radical (unpaired) electrons. The van der Waals surface area contributed by atoms with Crippen LogP contribution in [-0.4, -0.2) is 38.8 Å². The molecule has 8 nitrogen and oxygen atoms in total. The second kappa shape index (κ2) is 5.98. The molecule has 0 aromatic carbocycles. The Kier molecular flexibility index (Phi) is 4.33. The zero-order chi connectivity index (χ0) is 13.8. The molecule has 106 valence electrons. The Morgan fingerprint density at radius 2 is 2.00 bits per heavy atom. The van der Waals surface area contributed by atoms with Crippen molar-refractivity contribution < 1.29 is 9.84 Å². The van der Waals surface area contributed by atoms with Crippen LogP contribution in [0.15, 0.2) is 0 Å². The predicted molar refractivity (Wildman–Crippen MR) is 70.6 cm³/mol. The van der Waals surface area contributed by atoms with E-state index in [9.17, 15) is 5.11 Å². The summed E-state index contributed by atoms with van der Waals surface area (Å²) >= 11 is 0. The highest BCUT2D eigenvalue weighted by molar-refractivity contribution is 5.35. The number of anilines is 2. The molecule has 1 aliphatic carbocycles. The fraction of sp³-hybridized carbons (Fsp3) is 0.727. The highest BCUT2D eigenvalue weighted by Crippen LogP contribution is 2.32. The number of hydrazine groups is 1. The van der Waals surface area contributed by atoms with Crippen LogP contribution in [0.5, 0.6) is 6.01 Å². The van der Waals surface area contributed by atoms with Crippen molar-refractivity contribution in [3.63, 3.8) is 0 Å². The predicted octanol–water partition coefficient (Wildman–Crippen LogP) is 0.127. The highest BCUT2D eigenvalue weighted by Gasteiger charge is 2.29. The van der Waals surface area contributed by atoms with Crippen LogP contribution in [0.1, 0.15) is 26.7 Å². The summed E-state index contributed by atoms with van der Waals surface area (Å²) in [5, 5.41) is 12.8. The first-order valence-electron chi connectivity index (χ1n) is 6.39. The van der Waals surface area contributed by atoms with Crippen LogP contribution in [0.3, 0.4) is 0 Å². The second-order valence-electron chi connectivity index (χ2n) is 4.86. The van der Waals surface area contributed by atoms with Crippen molar-refractivity contribution in [1.82, 2.24) is 15.0 Å². The number of aliphatic hydroxyl groups is 1. The molecule has 1 saturated carbocycles. The second-order valence-corrected chi connectivity index (χ2v) is 4.86. The smallest absolute Gasteiger partial charge is 0.323 e. The molecular weight excluding hydrogens is 248 g/mol. The van der Waals surface area contributed by atoms with Gasteiger partial charge < -0.3 is 15.2 Å². The summed E-state index contributed by atoms with van der Waals surface area (Å²) in [5.74, 6) is 6.24. The topological polar surface area (TPSA) is 118 Å². The minimum absolute atomic E-state index is 0.0436. The summed E-state index contributed by atoms with van der Waals surface area (Å²) in [7, 11) is 0. The number of aromatic nitrogens is 3. The van der Waals surface area contributed by atoms with E-state index in [0.29, 0.717) is 18.4 Å². The van der Waals surface area contributed by atoms with Crippen molar-refractivity contribution in [2.75, 3.05) is 17.3 Å². The molecule has 1 heterocycles. The van der Waals surface area contributed by atoms with E-state index >= 15 is 0 Å². The van der Waals surface area contributed by atoms with Crippen molar-refractivity contribution in [2.24, 2.45) is 11.8 Å². The Hall–Kier alpha value is -1.67. The molecule has 1 aromatic rings. The van der Waals surface area contributed by atoms with Crippen molar-refractivity contribution >= 4 is 11.9 Å². The standard InChI is InChI=1S/C11H20N6O2/c1-6(2)19-11-15-9(14-10(16-11)17-12)13-5-8(18)7-3-4-7/h6-8,18H,3-5,12H2,1-2H3,(H2,13,14,15,16,17). The maximum Gasteiger partial charge on any atom is 0.323 e. The first-order valence-corrected chi connectivity index (χ1v) is 6.39. The Morgan fingerprint density at radius 3 is 2.58 bits per heavy atom. The molecule has 1 aliphatic rings. The Balaban J connectivity index is 2.00. The number of nitrogens with two attached hydrogens (primary N) is 1. The molecule has 0 bridgehead atoms. The van der Waals surface area contributed by atoms with E-state index in [-0.39, 0.29) is 24.2 Å².